The molecule has 114 valence electrons. The molecule has 7 heteroatoms. The van der Waals surface area contributed by atoms with Crippen molar-refractivity contribution in [2.45, 2.75) is 26.8 Å². The summed E-state index contributed by atoms with van der Waals surface area (Å²) in [5, 5.41) is 9.25. The van der Waals surface area contributed by atoms with Gasteiger partial charge in [0.1, 0.15) is 10.9 Å². The van der Waals surface area contributed by atoms with Gasteiger partial charge in [0, 0.05) is 26.2 Å². The van der Waals surface area contributed by atoms with Gasteiger partial charge in [0.15, 0.2) is 4.47 Å². The van der Waals surface area contributed by atoms with Crippen molar-refractivity contribution in [2.75, 3.05) is 26.2 Å². The molecule has 0 spiro atoms. The summed E-state index contributed by atoms with van der Waals surface area (Å²) in [7, 11) is 0. The van der Waals surface area contributed by atoms with E-state index >= 15 is 0 Å². The predicted octanol–water partition coefficient (Wildman–Crippen LogP) is 2.41. The summed E-state index contributed by atoms with van der Waals surface area (Å²) in [4.78, 5) is 21.2. The average Bonchev–Trinajstić information content (AvgIpc) is 2.78. The summed E-state index contributed by atoms with van der Waals surface area (Å²) < 4.78 is 0.402. The van der Waals surface area contributed by atoms with Crippen molar-refractivity contribution >= 4 is 28.8 Å². The number of nitriles is 1. The summed E-state index contributed by atoms with van der Waals surface area (Å²) in [6.07, 6.45) is 0. The Bertz CT molecular complexity index is 558. The first-order valence-electron chi connectivity index (χ1n) is 7.00. The lowest BCUT2D eigenvalue weighted by Crippen LogP contribution is -2.52. The Morgan fingerprint density at radius 2 is 2.00 bits per heavy atom. The lowest BCUT2D eigenvalue weighted by atomic mass is 10.0. The summed E-state index contributed by atoms with van der Waals surface area (Å²) in [5.41, 5.74) is 0.689. The lowest BCUT2D eigenvalue weighted by molar-refractivity contribution is 0.0580. The van der Waals surface area contributed by atoms with Gasteiger partial charge in [-0.15, -0.1) is 0 Å². The predicted molar refractivity (Wildman–Crippen MR) is 83.6 cm³/mol. The molecule has 0 saturated carbocycles. The van der Waals surface area contributed by atoms with Gasteiger partial charge in [-0.2, -0.15) is 5.26 Å². The van der Waals surface area contributed by atoms with E-state index in [1.54, 1.807) is 6.92 Å². The maximum absolute atomic E-state index is 12.5. The molecule has 5 nitrogen and oxygen atoms in total. The highest BCUT2D eigenvalue weighted by Gasteiger charge is 2.29. The molecule has 1 fully saturated rings. The van der Waals surface area contributed by atoms with E-state index in [0.717, 1.165) is 13.1 Å². The fourth-order valence-electron chi connectivity index (χ4n) is 2.56. The molecule has 0 aromatic carbocycles. The number of hydrogen-bond donors (Lipinski definition) is 0. The van der Waals surface area contributed by atoms with Crippen LogP contribution in [0, 0.1) is 24.2 Å². The molecular weight excluding hydrogens is 308 g/mol. The van der Waals surface area contributed by atoms with Crippen LogP contribution < -0.4 is 0 Å². The van der Waals surface area contributed by atoms with Crippen molar-refractivity contribution < 1.29 is 4.79 Å². The summed E-state index contributed by atoms with van der Waals surface area (Å²) >= 11 is 7.09. The molecule has 1 aromatic rings. The standard InChI is InChI=1S/C14H19ClN4OS/c1-9(2)11(8-16)18-4-6-19(7-5-18)13(20)12-10(3)17-14(15)21-12/h9,11H,4-7H2,1-3H3/t11-/m0/s1. The summed E-state index contributed by atoms with van der Waals surface area (Å²) in [6.45, 7) is 8.64. The van der Waals surface area contributed by atoms with Crippen molar-refractivity contribution in [1.82, 2.24) is 14.8 Å². The minimum absolute atomic E-state index is 0.00500. The Morgan fingerprint density at radius 3 is 2.43 bits per heavy atom. The fourth-order valence-corrected chi connectivity index (χ4v) is 3.68. The van der Waals surface area contributed by atoms with Crippen LogP contribution in [0.25, 0.3) is 0 Å². The Morgan fingerprint density at radius 1 is 1.38 bits per heavy atom. The molecule has 1 amide bonds. The van der Waals surface area contributed by atoms with Gasteiger partial charge in [0.05, 0.1) is 11.8 Å². The SMILES string of the molecule is Cc1nc(Cl)sc1C(=O)N1CCN([C@@H](C#N)C(C)C)CC1. The normalized spacial score (nSPS) is 17.8. The zero-order valence-electron chi connectivity index (χ0n) is 12.5. The zero-order chi connectivity index (χ0) is 15.6. The Labute approximate surface area is 134 Å². The molecule has 2 rings (SSSR count). The van der Waals surface area contributed by atoms with Gasteiger partial charge in [0.2, 0.25) is 0 Å². The van der Waals surface area contributed by atoms with Crippen LogP contribution in [0.1, 0.15) is 29.2 Å². The molecular formula is C14H19ClN4OS. The second kappa shape index (κ2) is 6.73. The highest BCUT2D eigenvalue weighted by atomic mass is 35.5. The van der Waals surface area contributed by atoms with Crippen LogP contribution in [0.3, 0.4) is 0 Å². The molecule has 1 aromatic heterocycles. The monoisotopic (exact) mass is 326 g/mol. The van der Waals surface area contributed by atoms with E-state index in [1.807, 2.05) is 18.7 Å². The maximum atomic E-state index is 12.5. The largest absolute Gasteiger partial charge is 0.335 e. The Balaban J connectivity index is 2.00. The van der Waals surface area contributed by atoms with Crippen molar-refractivity contribution in [3.8, 4) is 6.07 Å². The van der Waals surface area contributed by atoms with Gasteiger partial charge in [-0.3, -0.25) is 9.69 Å². The van der Waals surface area contributed by atoms with Crippen molar-refractivity contribution in [1.29, 1.82) is 5.26 Å². The number of aromatic nitrogens is 1. The first-order chi connectivity index (χ1) is 9.93. The van der Waals surface area contributed by atoms with Crippen LogP contribution in [-0.4, -0.2) is 52.9 Å². The van der Waals surface area contributed by atoms with Crippen molar-refractivity contribution in [2.24, 2.45) is 5.92 Å². The number of rotatable bonds is 3. The Hall–Kier alpha value is -1.16. The van der Waals surface area contributed by atoms with Crippen LogP contribution in [0.4, 0.5) is 0 Å². The van der Waals surface area contributed by atoms with E-state index < -0.39 is 0 Å². The molecule has 1 aliphatic rings. The molecule has 0 unspecified atom stereocenters. The lowest BCUT2D eigenvalue weighted by Gasteiger charge is -2.38. The van der Waals surface area contributed by atoms with Crippen molar-refractivity contribution in [3.63, 3.8) is 0 Å². The van der Waals surface area contributed by atoms with Crippen LogP contribution in [0.2, 0.25) is 4.47 Å². The molecule has 0 N–H and O–H groups in total. The number of carbonyl (C=O) groups excluding carboxylic acids is 1. The van der Waals surface area contributed by atoms with Gasteiger partial charge in [0.25, 0.3) is 5.91 Å². The highest BCUT2D eigenvalue weighted by Crippen LogP contribution is 2.24. The molecule has 1 saturated heterocycles. The molecule has 1 aliphatic heterocycles. The first kappa shape index (κ1) is 16.2. The van der Waals surface area contributed by atoms with Crippen LogP contribution in [0.5, 0.6) is 0 Å². The maximum Gasteiger partial charge on any atom is 0.265 e. The van der Waals surface area contributed by atoms with E-state index in [-0.39, 0.29) is 11.9 Å². The second-order valence-corrected chi connectivity index (χ2v) is 7.11. The van der Waals surface area contributed by atoms with Gasteiger partial charge < -0.3 is 4.90 Å². The highest BCUT2D eigenvalue weighted by molar-refractivity contribution is 7.17. The van der Waals surface area contributed by atoms with Gasteiger partial charge in [-0.25, -0.2) is 4.98 Å². The van der Waals surface area contributed by atoms with E-state index in [9.17, 15) is 10.1 Å². The third-order valence-corrected chi connectivity index (χ3v) is 4.97. The number of halogens is 1. The third kappa shape index (κ3) is 3.54. The van der Waals surface area contributed by atoms with Gasteiger partial charge in [-0.1, -0.05) is 36.8 Å². The van der Waals surface area contributed by atoms with Crippen LogP contribution in [-0.2, 0) is 0 Å². The van der Waals surface area contributed by atoms with E-state index in [1.165, 1.54) is 11.3 Å². The number of piperazine rings is 1. The minimum atomic E-state index is -0.0816. The second-order valence-electron chi connectivity index (χ2n) is 5.53. The third-order valence-electron chi connectivity index (χ3n) is 3.72. The van der Waals surface area contributed by atoms with Crippen molar-refractivity contribution in [3.05, 3.63) is 15.0 Å². The zero-order valence-corrected chi connectivity index (χ0v) is 14.0. The number of aryl methyl sites for hydroxylation is 1. The average molecular weight is 327 g/mol. The number of thiazole rings is 1. The van der Waals surface area contributed by atoms with Crippen LogP contribution >= 0.6 is 22.9 Å². The van der Waals surface area contributed by atoms with E-state index in [4.69, 9.17) is 11.6 Å². The quantitative estimate of drug-likeness (QED) is 0.855. The Kier molecular flexibility index (Phi) is 5.20. The number of amides is 1. The van der Waals surface area contributed by atoms with Crippen LogP contribution in [0.15, 0.2) is 0 Å². The number of hydrogen-bond acceptors (Lipinski definition) is 5. The fraction of sp³-hybridized carbons (Fsp3) is 0.643. The summed E-state index contributed by atoms with van der Waals surface area (Å²) in [6, 6.07) is 2.27. The van der Waals surface area contributed by atoms with Gasteiger partial charge >= 0.3 is 0 Å². The first-order valence-corrected chi connectivity index (χ1v) is 8.19. The van der Waals surface area contributed by atoms with E-state index in [0.29, 0.717) is 34.0 Å². The molecule has 21 heavy (non-hydrogen) atoms. The molecule has 0 bridgehead atoms. The molecule has 2 heterocycles. The molecule has 1 atom stereocenters. The smallest absolute Gasteiger partial charge is 0.265 e. The summed E-state index contributed by atoms with van der Waals surface area (Å²) in [5.74, 6) is 0.286. The van der Waals surface area contributed by atoms with Gasteiger partial charge in [-0.05, 0) is 12.8 Å². The molecule has 0 aliphatic carbocycles. The topological polar surface area (TPSA) is 60.2 Å². The minimum Gasteiger partial charge on any atom is -0.335 e. The van der Waals surface area contributed by atoms with E-state index in [2.05, 4.69) is 16.0 Å². The molecule has 0 radical (unpaired) electrons. The number of carbonyl (C=O) groups is 1. The number of nitrogens with zero attached hydrogens (tertiary/aromatic N) is 4.